The Bertz CT molecular complexity index is 978. The van der Waals surface area contributed by atoms with Crippen molar-refractivity contribution in [3.8, 4) is 5.75 Å². The van der Waals surface area contributed by atoms with Crippen LogP contribution < -0.4 is 15.4 Å². The van der Waals surface area contributed by atoms with E-state index in [0.29, 0.717) is 17.9 Å². The van der Waals surface area contributed by atoms with Crippen LogP contribution in [0.5, 0.6) is 5.75 Å². The maximum Gasteiger partial charge on any atom is 0.413 e. The van der Waals surface area contributed by atoms with Crippen molar-refractivity contribution in [2.24, 2.45) is 0 Å². The number of anilines is 1. The van der Waals surface area contributed by atoms with Crippen molar-refractivity contribution in [3.05, 3.63) is 93.6 Å². The molecule has 0 aromatic heterocycles. The second-order valence-electron chi connectivity index (χ2n) is 6.54. The lowest BCUT2D eigenvalue weighted by atomic mass is 10.0. The fraction of sp³-hybridized carbons (Fsp3) is 0.130. The fourth-order valence-corrected chi connectivity index (χ4v) is 3.46. The van der Waals surface area contributed by atoms with Crippen LogP contribution in [0.25, 0.3) is 0 Å². The fourth-order valence-electron chi connectivity index (χ4n) is 2.81. The van der Waals surface area contributed by atoms with E-state index in [1.807, 2.05) is 61.5 Å². The molecule has 0 bridgehead atoms. The molecule has 6 heteroatoms. The quantitative estimate of drug-likeness (QED) is 0.472. The van der Waals surface area contributed by atoms with Crippen molar-refractivity contribution in [2.45, 2.75) is 19.4 Å². The molecule has 1 atom stereocenters. The number of carbonyl (C=O) groups excluding carboxylic acids is 2. The molecule has 2 N–H and O–H groups in total. The Morgan fingerprint density at radius 3 is 2.28 bits per heavy atom. The summed E-state index contributed by atoms with van der Waals surface area (Å²) in [5.41, 5.74) is 2.61. The topological polar surface area (TPSA) is 67.4 Å². The van der Waals surface area contributed by atoms with Gasteiger partial charge in [0.15, 0.2) is 0 Å². The van der Waals surface area contributed by atoms with Crippen molar-refractivity contribution in [1.29, 1.82) is 0 Å². The zero-order chi connectivity index (χ0) is 20.6. The maximum atomic E-state index is 13.0. The summed E-state index contributed by atoms with van der Waals surface area (Å²) in [7, 11) is 0. The minimum atomic E-state index is -0.785. The number of ether oxygens (including phenoxy) is 1. The third-order valence-corrected chi connectivity index (χ3v) is 4.96. The highest BCUT2D eigenvalue weighted by Crippen LogP contribution is 2.18. The van der Waals surface area contributed by atoms with E-state index >= 15 is 0 Å². The predicted octanol–water partition coefficient (Wildman–Crippen LogP) is 4.94. The lowest BCUT2D eigenvalue weighted by molar-refractivity contribution is -0.118. The first kappa shape index (κ1) is 20.9. The zero-order valence-corrected chi connectivity index (χ0v) is 18.1. The van der Waals surface area contributed by atoms with Gasteiger partial charge >= 0.3 is 6.09 Å². The van der Waals surface area contributed by atoms with Crippen LogP contribution in [0.3, 0.4) is 0 Å². The monoisotopic (exact) mass is 500 g/mol. The highest BCUT2D eigenvalue weighted by atomic mass is 127. The van der Waals surface area contributed by atoms with E-state index in [2.05, 4.69) is 33.2 Å². The molecule has 0 saturated carbocycles. The van der Waals surface area contributed by atoms with Gasteiger partial charge in [-0.25, -0.2) is 4.79 Å². The van der Waals surface area contributed by atoms with Gasteiger partial charge in [-0.05, 0) is 71.0 Å². The normalized spacial score (nSPS) is 11.4. The van der Waals surface area contributed by atoms with Crippen LogP contribution >= 0.6 is 22.6 Å². The molecule has 3 aromatic carbocycles. The van der Waals surface area contributed by atoms with Crippen LogP contribution in [0.1, 0.15) is 11.1 Å². The van der Waals surface area contributed by atoms with E-state index in [1.54, 1.807) is 24.3 Å². The molecule has 0 saturated heterocycles. The van der Waals surface area contributed by atoms with Gasteiger partial charge in [0.1, 0.15) is 11.8 Å². The van der Waals surface area contributed by atoms with E-state index in [4.69, 9.17) is 4.74 Å². The Morgan fingerprint density at radius 1 is 0.966 bits per heavy atom. The van der Waals surface area contributed by atoms with Gasteiger partial charge in [-0.2, -0.15) is 0 Å². The van der Waals surface area contributed by atoms with Gasteiger partial charge in [0.2, 0.25) is 5.91 Å². The third-order valence-electron chi connectivity index (χ3n) is 4.29. The van der Waals surface area contributed by atoms with Crippen LogP contribution in [-0.4, -0.2) is 18.0 Å². The predicted molar refractivity (Wildman–Crippen MR) is 122 cm³/mol. The average Bonchev–Trinajstić information content (AvgIpc) is 2.71. The number of benzene rings is 3. The van der Waals surface area contributed by atoms with Gasteiger partial charge in [-0.3, -0.25) is 4.79 Å². The molecule has 0 radical (unpaired) electrons. The number of hydrogen-bond donors (Lipinski definition) is 2. The summed E-state index contributed by atoms with van der Waals surface area (Å²) in [5, 5.41) is 5.60. The van der Waals surface area contributed by atoms with Gasteiger partial charge in [0, 0.05) is 15.7 Å². The summed E-state index contributed by atoms with van der Waals surface area (Å²) in [6.07, 6.45) is -0.327. The van der Waals surface area contributed by atoms with E-state index in [0.717, 1.165) is 14.7 Å². The number of nitrogens with one attached hydrogen (secondary N) is 2. The van der Waals surface area contributed by atoms with Crippen LogP contribution in [0, 0.1) is 10.5 Å². The van der Waals surface area contributed by atoms with E-state index in [9.17, 15) is 9.59 Å². The minimum absolute atomic E-state index is 0.303. The molecule has 0 fully saturated rings. The Kier molecular flexibility index (Phi) is 7.24. The van der Waals surface area contributed by atoms with Gasteiger partial charge in [0.25, 0.3) is 0 Å². The summed E-state index contributed by atoms with van der Waals surface area (Å²) < 4.78 is 6.38. The standard InChI is InChI=1S/C23H21IN2O3/c1-16-14-18(24)12-13-20(16)25-22(27)21(15-17-8-4-2-5-9-17)26-23(28)29-19-10-6-3-7-11-19/h2-14,21H,15H2,1H3,(H,25,27)(H,26,28)/t21-/m1/s1. The third kappa shape index (κ3) is 6.32. The van der Waals surface area contributed by atoms with E-state index in [-0.39, 0.29) is 5.91 Å². The summed E-state index contributed by atoms with van der Waals surface area (Å²) >= 11 is 2.22. The molecule has 148 valence electrons. The number of aryl methyl sites for hydroxylation is 1. The van der Waals surface area contributed by atoms with Crippen LogP contribution in [-0.2, 0) is 11.2 Å². The van der Waals surface area contributed by atoms with Crippen molar-refractivity contribution in [3.63, 3.8) is 0 Å². The van der Waals surface area contributed by atoms with Gasteiger partial charge < -0.3 is 15.4 Å². The molecule has 0 spiro atoms. The molecule has 0 heterocycles. The number of para-hydroxylation sites is 1. The van der Waals surface area contributed by atoms with Gasteiger partial charge in [-0.1, -0.05) is 48.5 Å². The molecule has 3 aromatic rings. The molecule has 0 aliphatic rings. The Morgan fingerprint density at radius 2 is 1.62 bits per heavy atom. The van der Waals surface area contributed by atoms with Crippen LogP contribution in [0.2, 0.25) is 0 Å². The molecule has 5 nitrogen and oxygen atoms in total. The lowest BCUT2D eigenvalue weighted by Gasteiger charge is -2.19. The molecule has 29 heavy (non-hydrogen) atoms. The molecule has 0 aliphatic heterocycles. The largest absolute Gasteiger partial charge is 0.413 e. The zero-order valence-electron chi connectivity index (χ0n) is 15.9. The number of rotatable bonds is 6. The molecular weight excluding hydrogens is 479 g/mol. The Labute approximate surface area is 183 Å². The van der Waals surface area contributed by atoms with E-state index < -0.39 is 12.1 Å². The van der Waals surface area contributed by atoms with Crippen LogP contribution in [0.4, 0.5) is 10.5 Å². The number of hydrogen-bond acceptors (Lipinski definition) is 3. The van der Waals surface area contributed by atoms with Crippen LogP contribution in [0.15, 0.2) is 78.9 Å². The Balaban J connectivity index is 1.74. The molecule has 0 aliphatic carbocycles. The number of amides is 2. The summed E-state index contributed by atoms with van der Waals surface area (Å²) in [5.74, 6) is 0.112. The highest BCUT2D eigenvalue weighted by molar-refractivity contribution is 14.1. The van der Waals surface area contributed by atoms with Crippen molar-refractivity contribution < 1.29 is 14.3 Å². The highest BCUT2D eigenvalue weighted by Gasteiger charge is 2.23. The maximum absolute atomic E-state index is 13.0. The minimum Gasteiger partial charge on any atom is -0.410 e. The Hall–Kier alpha value is -2.87. The SMILES string of the molecule is Cc1cc(I)ccc1NC(=O)[C@@H](Cc1ccccc1)NC(=O)Oc1ccccc1. The molecular formula is C23H21IN2O3. The van der Waals surface area contributed by atoms with Gasteiger partial charge in [0.05, 0.1) is 0 Å². The molecule has 3 rings (SSSR count). The van der Waals surface area contributed by atoms with Crippen molar-refractivity contribution in [2.75, 3.05) is 5.32 Å². The number of carbonyl (C=O) groups is 2. The molecule has 0 unspecified atom stereocenters. The van der Waals surface area contributed by atoms with Gasteiger partial charge in [-0.15, -0.1) is 0 Å². The second-order valence-corrected chi connectivity index (χ2v) is 7.78. The molecule has 2 amide bonds. The lowest BCUT2D eigenvalue weighted by Crippen LogP contribution is -2.46. The summed E-state index contributed by atoms with van der Waals surface area (Å²) in [6.45, 7) is 1.93. The first-order valence-electron chi connectivity index (χ1n) is 9.15. The van der Waals surface area contributed by atoms with Crippen molar-refractivity contribution in [1.82, 2.24) is 5.32 Å². The van der Waals surface area contributed by atoms with E-state index in [1.165, 1.54) is 0 Å². The number of halogens is 1. The van der Waals surface area contributed by atoms with Crippen molar-refractivity contribution >= 4 is 40.3 Å². The average molecular weight is 500 g/mol. The second kappa shape index (κ2) is 10.1. The first-order valence-corrected chi connectivity index (χ1v) is 10.2. The first-order chi connectivity index (χ1) is 14.0. The summed E-state index contributed by atoms with van der Waals surface area (Å²) in [4.78, 5) is 25.3. The summed E-state index contributed by atoms with van der Waals surface area (Å²) in [6, 6.07) is 23.3. The smallest absolute Gasteiger partial charge is 0.410 e.